The van der Waals surface area contributed by atoms with Crippen LogP contribution in [0.25, 0.3) is 0 Å². The third-order valence-corrected chi connectivity index (χ3v) is 5.55. The predicted octanol–water partition coefficient (Wildman–Crippen LogP) is 4.70. The SMILES string of the molecule is CC(=O)N1CCN(c2ccc(Nc3ncc(Cl)c(Nc4cccc(C(F)(F)F)c4)n3)nc2)CC1. The Bertz CT molecular complexity index is 1170. The molecule has 3 aromatic rings. The predicted molar refractivity (Wildman–Crippen MR) is 124 cm³/mol. The van der Waals surface area contributed by atoms with Gasteiger partial charge in [0.1, 0.15) is 10.8 Å². The number of rotatable bonds is 5. The maximum Gasteiger partial charge on any atom is 0.416 e. The zero-order valence-electron chi connectivity index (χ0n) is 18.1. The van der Waals surface area contributed by atoms with Crippen molar-refractivity contribution in [2.45, 2.75) is 13.1 Å². The molecule has 0 atom stereocenters. The van der Waals surface area contributed by atoms with Crippen molar-refractivity contribution in [3.05, 3.63) is 59.4 Å². The lowest BCUT2D eigenvalue weighted by Gasteiger charge is -2.35. The molecule has 0 bridgehead atoms. The number of halogens is 4. The molecule has 1 aliphatic rings. The zero-order valence-corrected chi connectivity index (χ0v) is 18.9. The van der Waals surface area contributed by atoms with Gasteiger partial charge in [0.2, 0.25) is 11.9 Å². The van der Waals surface area contributed by atoms with E-state index in [0.717, 1.165) is 30.9 Å². The van der Waals surface area contributed by atoms with E-state index < -0.39 is 11.7 Å². The average molecular weight is 492 g/mol. The van der Waals surface area contributed by atoms with Gasteiger partial charge in [-0.1, -0.05) is 17.7 Å². The van der Waals surface area contributed by atoms with Crippen LogP contribution in [0.15, 0.2) is 48.8 Å². The van der Waals surface area contributed by atoms with Crippen LogP contribution in [0.3, 0.4) is 0 Å². The minimum absolute atomic E-state index is 0.0715. The molecule has 1 aromatic carbocycles. The third kappa shape index (κ3) is 5.66. The summed E-state index contributed by atoms with van der Waals surface area (Å²) in [6, 6.07) is 8.41. The number of nitrogens with one attached hydrogen (secondary N) is 2. The van der Waals surface area contributed by atoms with E-state index in [0.29, 0.717) is 18.9 Å². The highest BCUT2D eigenvalue weighted by atomic mass is 35.5. The van der Waals surface area contributed by atoms with Crippen molar-refractivity contribution < 1.29 is 18.0 Å². The number of alkyl halides is 3. The number of carbonyl (C=O) groups is 1. The molecule has 2 N–H and O–H groups in total. The molecule has 12 heteroatoms. The van der Waals surface area contributed by atoms with Crippen LogP contribution in [0.1, 0.15) is 12.5 Å². The van der Waals surface area contributed by atoms with Gasteiger partial charge in [-0.05, 0) is 30.3 Å². The first-order valence-electron chi connectivity index (χ1n) is 10.4. The Kier molecular flexibility index (Phi) is 6.73. The van der Waals surface area contributed by atoms with E-state index >= 15 is 0 Å². The maximum atomic E-state index is 13.0. The van der Waals surface area contributed by atoms with Crippen LogP contribution in [-0.2, 0) is 11.0 Å². The van der Waals surface area contributed by atoms with E-state index in [-0.39, 0.29) is 28.4 Å². The normalized spacial score (nSPS) is 14.1. The molecule has 0 aliphatic carbocycles. The first-order valence-corrected chi connectivity index (χ1v) is 10.8. The lowest BCUT2D eigenvalue weighted by molar-refractivity contribution is -0.137. The Morgan fingerprint density at radius 2 is 1.79 bits per heavy atom. The fourth-order valence-corrected chi connectivity index (χ4v) is 3.60. The van der Waals surface area contributed by atoms with Gasteiger partial charge in [0.15, 0.2) is 5.82 Å². The zero-order chi connectivity index (χ0) is 24.3. The lowest BCUT2D eigenvalue weighted by Crippen LogP contribution is -2.48. The molecular weight excluding hydrogens is 471 g/mol. The fourth-order valence-electron chi connectivity index (χ4n) is 3.47. The van der Waals surface area contributed by atoms with Crippen LogP contribution in [-0.4, -0.2) is 51.9 Å². The summed E-state index contributed by atoms with van der Waals surface area (Å²) in [6.07, 6.45) is -1.40. The molecule has 0 radical (unpaired) electrons. The smallest absolute Gasteiger partial charge is 0.367 e. The molecule has 0 saturated carbocycles. The van der Waals surface area contributed by atoms with E-state index in [4.69, 9.17) is 11.6 Å². The number of hydrogen-bond donors (Lipinski definition) is 2. The summed E-state index contributed by atoms with van der Waals surface area (Å²) in [5, 5.41) is 5.91. The van der Waals surface area contributed by atoms with Crippen LogP contribution in [0.4, 0.5) is 42.1 Å². The molecule has 4 rings (SSSR count). The minimum atomic E-state index is -4.46. The van der Waals surface area contributed by atoms with E-state index in [1.807, 2.05) is 11.0 Å². The van der Waals surface area contributed by atoms with Crippen LogP contribution < -0.4 is 15.5 Å². The number of pyridine rings is 1. The van der Waals surface area contributed by atoms with Gasteiger partial charge < -0.3 is 20.4 Å². The summed E-state index contributed by atoms with van der Waals surface area (Å²) in [6.45, 7) is 4.33. The molecule has 178 valence electrons. The molecule has 1 fully saturated rings. The molecule has 1 amide bonds. The van der Waals surface area contributed by atoms with Gasteiger partial charge >= 0.3 is 6.18 Å². The van der Waals surface area contributed by atoms with Gasteiger partial charge in [-0.3, -0.25) is 4.79 Å². The molecule has 2 aromatic heterocycles. The Hall–Kier alpha value is -3.60. The molecular formula is C22H21ClF3N7O. The number of aromatic nitrogens is 3. The van der Waals surface area contributed by atoms with Crippen LogP contribution in [0.5, 0.6) is 0 Å². The molecule has 0 spiro atoms. The molecule has 3 heterocycles. The van der Waals surface area contributed by atoms with Gasteiger partial charge in [0, 0.05) is 38.8 Å². The molecule has 1 saturated heterocycles. The quantitative estimate of drug-likeness (QED) is 0.535. The minimum Gasteiger partial charge on any atom is -0.367 e. The average Bonchev–Trinajstić information content (AvgIpc) is 2.81. The third-order valence-electron chi connectivity index (χ3n) is 5.27. The summed E-state index contributed by atoms with van der Waals surface area (Å²) in [5.41, 5.74) is 0.333. The van der Waals surface area contributed by atoms with Crippen LogP contribution in [0.2, 0.25) is 5.02 Å². The summed E-state index contributed by atoms with van der Waals surface area (Å²) < 4.78 is 38.9. The molecule has 8 nitrogen and oxygen atoms in total. The van der Waals surface area contributed by atoms with E-state index in [1.165, 1.54) is 18.3 Å². The Morgan fingerprint density at radius 1 is 1.03 bits per heavy atom. The van der Waals surface area contributed by atoms with Gasteiger partial charge in [0.05, 0.1) is 23.6 Å². The second-order valence-electron chi connectivity index (χ2n) is 7.61. The summed E-state index contributed by atoms with van der Waals surface area (Å²) in [7, 11) is 0. The number of hydrogen-bond acceptors (Lipinski definition) is 7. The van der Waals surface area contributed by atoms with Gasteiger partial charge in [-0.15, -0.1) is 0 Å². The number of anilines is 5. The first-order chi connectivity index (χ1) is 16.2. The monoisotopic (exact) mass is 491 g/mol. The second-order valence-corrected chi connectivity index (χ2v) is 8.02. The van der Waals surface area contributed by atoms with Crippen LogP contribution >= 0.6 is 11.6 Å². The largest absolute Gasteiger partial charge is 0.416 e. The van der Waals surface area contributed by atoms with Crippen molar-refractivity contribution in [1.29, 1.82) is 0 Å². The number of carbonyl (C=O) groups excluding carboxylic acids is 1. The number of benzene rings is 1. The van der Waals surface area contributed by atoms with Crippen molar-refractivity contribution in [3.63, 3.8) is 0 Å². The van der Waals surface area contributed by atoms with E-state index in [1.54, 1.807) is 19.2 Å². The topological polar surface area (TPSA) is 86.3 Å². The maximum absolute atomic E-state index is 13.0. The summed E-state index contributed by atoms with van der Waals surface area (Å²) in [4.78, 5) is 28.2. The highest BCUT2D eigenvalue weighted by molar-refractivity contribution is 6.32. The van der Waals surface area contributed by atoms with Gasteiger partial charge in [0.25, 0.3) is 0 Å². The van der Waals surface area contributed by atoms with Crippen molar-refractivity contribution in [2.24, 2.45) is 0 Å². The lowest BCUT2D eigenvalue weighted by atomic mass is 10.2. The standard InChI is InChI=1S/C22H21ClF3N7O/c1-14(34)32-7-9-33(10-8-32)17-5-6-19(27-12-17)30-21-28-13-18(23)20(31-21)29-16-4-2-3-15(11-16)22(24,25)26/h2-6,11-13H,7-10H2,1H3,(H2,27,28,29,30,31). The molecule has 0 unspecified atom stereocenters. The van der Waals surface area contributed by atoms with Gasteiger partial charge in [-0.25, -0.2) is 9.97 Å². The van der Waals surface area contributed by atoms with Gasteiger partial charge in [-0.2, -0.15) is 18.2 Å². The van der Waals surface area contributed by atoms with Crippen molar-refractivity contribution in [3.8, 4) is 0 Å². The van der Waals surface area contributed by atoms with Crippen LogP contribution in [0, 0.1) is 0 Å². The Morgan fingerprint density at radius 3 is 2.44 bits per heavy atom. The fraction of sp³-hybridized carbons (Fsp3) is 0.273. The summed E-state index contributed by atoms with van der Waals surface area (Å²) in [5.74, 6) is 0.883. The van der Waals surface area contributed by atoms with E-state index in [9.17, 15) is 18.0 Å². The number of nitrogens with zero attached hydrogens (tertiary/aromatic N) is 5. The first kappa shape index (κ1) is 23.6. The molecule has 1 aliphatic heterocycles. The summed E-state index contributed by atoms with van der Waals surface area (Å²) >= 11 is 6.13. The highest BCUT2D eigenvalue weighted by Crippen LogP contribution is 2.32. The molecule has 34 heavy (non-hydrogen) atoms. The Labute approximate surface area is 198 Å². The Balaban J connectivity index is 1.43. The highest BCUT2D eigenvalue weighted by Gasteiger charge is 2.30. The van der Waals surface area contributed by atoms with Crippen molar-refractivity contribution >= 4 is 46.5 Å². The van der Waals surface area contributed by atoms with Crippen molar-refractivity contribution in [2.75, 3.05) is 41.7 Å². The van der Waals surface area contributed by atoms with Crippen molar-refractivity contribution in [1.82, 2.24) is 19.9 Å². The second kappa shape index (κ2) is 9.72. The number of amides is 1. The van der Waals surface area contributed by atoms with E-state index in [2.05, 4.69) is 30.5 Å². The number of piperazine rings is 1.